The molecule has 2 aromatic heterocycles. The number of H-pyrrole nitrogens is 1. The van der Waals surface area contributed by atoms with Gasteiger partial charge in [-0.25, -0.2) is 4.98 Å². The van der Waals surface area contributed by atoms with Crippen molar-refractivity contribution in [2.24, 2.45) is 11.3 Å². The van der Waals surface area contributed by atoms with Gasteiger partial charge in [-0.3, -0.25) is 9.59 Å². The first kappa shape index (κ1) is 17.9. The Balaban J connectivity index is 1.47. The summed E-state index contributed by atoms with van der Waals surface area (Å²) >= 11 is 0. The quantitative estimate of drug-likeness (QED) is 0.820. The number of fused-ring (bicyclic) bond motifs is 1. The predicted molar refractivity (Wildman–Crippen MR) is 109 cm³/mol. The van der Waals surface area contributed by atoms with Crippen molar-refractivity contribution >= 4 is 34.2 Å². The lowest BCUT2D eigenvalue weighted by atomic mass is 9.85. The maximum absolute atomic E-state index is 12.4. The number of hydrogen-bond acceptors (Lipinski definition) is 4. The first-order valence-corrected chi connectivity index (χ1v) is 10.2. The fourth-order valence-corrected chi connectivity index (χ4v) is 4.32. The minimum atomic E-state index is -0.0239. The van der Waals surface area contributed by atoms with Gasteiger partial charge in [-0.15, -0.1) is 0 Å². The van der Waals surface area contributed by atoms with E-state index in [1.54, 1.807) is 0 Å². The molecule has 1 spiro atoms. The fourth-order valence-electron chi connectivity index (χ4n) is 4.32. The number of rotatable bonds is 5. The van der Waals surface area contributed by atoms with Crippen LogP contribution in [0.5, 0.6) is 0 Å². The number of nitriles is 1. The van der Waals surface area contributed by atoms with E-state index in [1.807, 2.05) is 23.2 Å². The van der Waals surface area contributed by atoms with Gasteiger partial charge >= 0.3 is 0 Å². The minimum absolute atomic E-state index is 0.0239. The molecular formula is C22H23N5O2. The molecule has 29 heavy (non-hydrogen) atoms. The van der Waals surface area contributed by atoms with Crippen LogP contribution in [0.1, 0.15) is 44.1 Å². The zero-order valence-electron chi connectivity index (χ0n) is 16.2. The molecular weight excluding hydrogens is 366 g/mol. The molecule has 7 heteroatoms. The number of aromatic nitrogens is 2. The first-order valence-electron chi connectivity index (χ1n) is 10.2. The van der Waals surface area contributed by atoms with Crippen molar-refractivity contribution in [2.75, 3.05) is 18.4 Å². The van der Waals surface area contributed by atoms with E-state index in [1.165, 1.54) is 5.57 Å². The molecule has 2 aliphatic carbocycles. The van der Waals surface area contributed by atoms with Crippen molar-refractivity contribution in [2.45, 2.75) is 38.5 Å². The van der Waals surface area contributed by atoms with E-state index in [2.05, 4.69) is 27.4 Å². The van der Waals surface area contributed by atoms with Crippen LogP contribution in [-0.4, -0.2) is 39.8 Å². The van der Waals surface area contributed by atoms with E-state index in [0.29, 0.717) is 18.9 Å². The van der Waals surface area contributed by atoms with Gasteiger partial charge < -0.3 is 15.2 Å². The Bertz CT molecular complexity index is 1070. The molecule has 0 aromatic carbocycles. The van der Waals surface area contributed by atoms with E-state index >= 15 is 0 Å². The average Bonchev–Trinajstić information content (AvgIpc) is 3.65. The Morgan fingerprint density at radius 1 is 1.38 bits per heavy atom. The summed E-state index contributed by atoms with van der Waals surface area (Å²) in [6.07, 6.45) is 8.55. The summed E-state index contributed by atoms with van der Waals surface area (Å²) in [4.78, 5) is 34.3. The predicted octanol–water partition coefficient (Wildman–Crippen LogP) is 3.22. The van der Waals surface area contributed by atoms with Gasteiger partial charge in [-0.2, -0.15) is 5.26 Å². The molecule has 0 bridgehead atoms. The van der Waals surface area contributed by atoms with E-state index in [9.17, 15) is 9.59 Å². The third kappa shape index (κ3) is 3.29. The monoisotopic (exact) mass is 389 g/mol. The number of nitrogens with one attached hydrogen (secondary N) is 2. The molecule has 148 valence electrons. The van der Waals surface area contributed by atoms with Crippen LogP contribution in [-0.2, 0) is 9.59 Å². The highest BCUT2D eigenvalue weighted by Crippen LogP contribution is 2.58. The number of carbonyl (C=O) groups is 2. The van der Waals surface area contributed by atoms with Gasteiger partial charge in [0, 0.05) is 48.8 Å². The zero-order valence-corrected chi connectivity index (χ0v) is 16.2. The van der Waals surface area contributed by atoms with Crippen molar-refractivity contribution in [3.05, 3.63) is 30.0 Å². The number of aromatic amines is 1. The van der Waals surface area contributed by atoms with Crippen molar-refractivity contribution in [3.8, 4) is 6.07 Å². The van der Waals surface area contributed by atoms with Crippen molar-refractivity contribution in [3.63, 3.8) is 0 Å². The lowest BCUT2D eigenvalue weighted by Gasteiger charge is -2.34. The molecule has 0 unspecified atom stereocenters. The van der Waals surface area contributed by atoms with Crippen LogP contribution in [0.3, 0.4) is 0 Å². The molecule has 1 aliphatic heterocycles. The van der Waals surface area contributed by atoms with Gasteiger partial charge in [0.2, 0.25) is 11.8 Å². The highest BCUT2D eigenvalue weighted by atomic mass is 16.2. The van der Waals surface area contributed by atoms with Gasteiger partial charge in [0.05, 0.1) is 6.07 Å². The highest BCUT2D eigenvalue weighted by Gasteiger charge is 2.50. The second-order valence-electron chi connectivity index (χ2n) is 8.39. The van der Waals surface area contributed by atoms with E-state index < -0.39 is 0 Å². The Labute approximate surface area is 168 Å². The van der Waals surface area contributed by atoms with Gasteiger partial charge in [-0.1, -0.05) is 6.08 Å². The second-order valence-corrected chi connectivity index (χ2v) is 8.39. The summed E-state index contributed by atoms with van der Waals surface area (Å²) in [5.74, 6) is 0.793. The van der Waals surface area contributed by atoms with Gasteiger partial charge in [-0.05, 0) is 49.0 Å². The van der Waals surface area contributed by atoms with Crippen molar-refractivity contribution < 1.29 is 9.59 Å². The SMILES string of the molecule is N#CCCC(=O)N1CC=C(c2cc(NC(=O)C3CC3)nc3[nH]ccc23)C2(CC2)C1. The number of anilines is 1. The van der Waals surface area contributed by atoms with Crippen LogP contribution in [0.4, 0.5) is 5.82 Å². The highest BCUT2D eigenvalue weighted by molar-refractivity contribution is 5.98. The summed E-state index contributed by atoms with van der Waals surface area (Å²) in [5, 5.41) is 12.8. The fraction of sp³-hybridized carbons (Fsp3) is 0.455. The molecule has 0 saturated heterocycles. The van der Waals surface area contributed by atoms with E-state index in [4.69, 9.17) is 5.26 Å². The van der Waals surface area contributed by atoms with E-state index in [0.717, 1.165) is 42.3 Å². The molecule has 7 nitrogen and oxygen atoms in total. The Morgan fingerprint density at radius 3 is 2.93 bits per heavy atom. The maximum atomic E-state index is 12.4. The van der Waals surface area contributed by atoms with Crippen LogP contribution in [0, 0.1) is 22.7 Å². The molecule has 2 amide bonds. The standard InChI is InChI=1S/C22H23N5O2/c23-9-1-2-19(28)27-11-6-17(22(13-27)7-8-22)16-12-18(26-21(29)14-3-4-14)25-20-15(16)5-10-24-20/h5-6,10,12,14H,1-4,7-8,11,13H2,(H2,24,25,26,29). The number of nitrogens with zero attached hydrogens (tertiary/aromatic N) is 3. The smallest absolute Gasteiger partial charge is 0.228 e. The average molecular weight is 389 g/mol. The molecule has 5 rings (SSSR count). The number of carbonyl (C=O) groups excluding carboxylic acids is 2. The number of amides is 2. The maximum Gasteiger partial charge on any atom is 0.228 e. The topological polar surface area (TPSA) is 102 Å². The summed E-state index contributed by atoms with van der Waals surface area (Å²) in [6, 6.07) is 6.05. The van der Waals surface area contributed by atoms with Crippen LogP contribution in [0.25, 0.3) is 16.6 Å². The van der Waals surface area contributed by atoms with Crippen molar-refractivity contribution in [1.29, 1.82) is 5.26 Å². The van der Waals surface area contributed by atoms with Crippen LogP contribution < -0.4 is 5.32 Å². The molecule has 3 aliphatic rings. The van der Waals surface area contributed by atoms with E-state index in [-0.39, 0.29) is 36.0 Å². The third-order valence-electron chi connectivity index (χ3n) is 6.26. The Morgan fingerprint density at radius 2 is 2.21 bits per heavy atom. The number of hydrogen-bond donors (Lipinski definition) is 2. The molecule has 2 saturated carbocycles. The third-order valence-corrected chi connectivity index (χ3v) is 6.26. The van der Waals surface area contributed by atoms with Crippen LogP contribution in [0.2, 0.25) is 0 Å². The largest absolute Gasteiger partial charge is 0.346 e. The summed E-state index contributed by atoms with van der Waals surface area (Å²) in [6.45, 7) is 1.25. The molecule has 2 fully saturated rings. The molecule has 0 atom stereocenters. The lowest BCUT2D eigenvalue weighted by molar-refractivity contribution is -0.131. The minimum Gasteiger partial charge on any atom is -0.346 e. The molecule has 2 aromatic rings. The second kappa shape index (κ2) is 6.73. The Hall–Kier alpha value is -3.14. The van der Waals surface area contributed by atoms with Crippen LogP contribution in [0.15, 0.2) is 24.4 Å². The lowest BCUT2D eigenvalue weighted by Crippen LogP contribution is -2.39. The number of pyridine rings is 1. The first-order chi connectivity index (χ1) is 14.1. The molecule has 3 heterocycles. The van der Waals surface area contributed by atoms with Crippen molar-refractivity contribution in [1.82, 2.24) is 14.9 Å². The van der Waals surface area contributed by atoms with Gasteiger partial charge in [0.25, 0.3) is 0 Å². The molecule has 2 N–H and O–H groups in total. The normalized spacial score (nSPS) is 19.7. The zero-order chi connectivity index (χ0) is 20.0. The van der Waals surface area contributed by atoms with Crippen LogP contribution >= 0.6 is 0 Å². The summed E-state index contributed by atoms with van der Waals surface area (Å²) in [5.41, 5.74) is 3.07. The summed E-state index contributed by atoms with van der Waals surface area (Å²) < 4.78 is 0. The summed E-state index contributed by atoms with van der Waals surface area (Å²) in [7, 11) is 0. The van der Waals surface area contributed by atoms with Gasteiger partial charge in [0.1, 0.15) is 11.5 Å². The molecule has 0 radical (unpaired) electrons. The Kier molecular flexibility index (Phi) is 4.16. The van der Waals surface area contributed by atoms with Gasteiger partial charge in [0.15, 0.2) is 0 Å².